The van der Waals surface area contributed by atoms with E-state index in [1.807, 2.05) is 24.4 Å². The van der Waals surface area contributed by atoms with Crippen LogP contribution in [0.15, 0.2) is 53.5 Å². The number of piperazine rings is 1. The van der Waals surface area contributed by atoms with E-state index in [-0.39, 0.29) is 11.2 Å². The molecular formula is C24H31FN4. The molecule has 5 heteroatoms. The van der Waals surface area contributed by atoms with Crippen LogP contribution in [0.3, 0.4) is 0 Å². The molecule has 1 atom stereocenters. The van der Waals surface area contributed by atoms with Gasteiger partial charge in [-0.2, -0.15) is 0 Å². The van der Waals surface area contributed by atoms with Gasteiger partial charge >= 0.3 is 0 Å². The summed E-state index contributed by atoms with van der Waals surface area (Å²) < 4.78 is 13.4. The van der Waals surface area contributed by atoms with Crippen molar-refractivity contribution < 1.29 is 4.39 Å². The molecule has 0 aromatic heterocycles. The van der Waals surface area contributed by atoms with Gasteiger partial charge in [-0.3, -0.25) is 14.9 Å². The molecular weight excluding hydrogens is 363 g/mol. The molecule has 2 aromatic carbocycles. The highest BCUT2D eigenvalue weighted by Crippen LogP contribution is 2.33. The lowest BCUT2D eigenvalue weighted by Crippen LogP contribution is -2.60. The van der Waals surface area contributed by atoms with Crippen LogP contribution in [0.25, 0.3) is 0 Å². The number of fused-ring (bicyclic) bond motifs is 1. The lowest BCUT2D eigenvalue weighted by atomic mass is 9.93. The van der Waals surface area contributed by atoms with Crippen molar-refractivity contribution in [1.29, 1.82) is 0 Å². The van der Waals surface area contributed by atoms with Gasteiger partial charge in [-0.15, -0.1) is 0 Å². The summed E-state index contributed by atoms with van der Waals surface area (Å²) in [4.78, 5) is 7.17. The Morgan fingerprint density at radius 3 is 2.55 bits per heavy atom. The van der Waals surface area contributed by atoms with Crippen molar-refractivity contribution in [1.82, 2.24) is 9.91 Å². The molecule has 2 heterocycles. The molecule has 0 N–H and O–H groups in total. The number of halogens is 1. The number of benzene rings is 2. The first-order chi connectivity index (χ1) is 13.9. The number of nitrogens with zero attached hydrogens (tertiary/aromatic N) is 4. The average molecular weight is 395 g/mol. The first kappa shape index (κ1) is 20.0. The molecule has 1 unspecified atom stereocenters. The summed E-state index contributed by atoms with van der Waals surface area (Å²) in [6, 6.07) is 15.7. The van der Waals surface area contributed by atoms with Crippen molar-refractivity contribution in [3.63, 3.8) is 0 Å². The number of hydrazine groups is 1. The van der Waals surface area contributed by atoms with Gasteiger partial charge in [-0.1, -0.05) is 45.0 Å². The molecule has 29 heavy (non-hydrogen) atoms. The molecule has 0 spiro atoms. The summed E-state index contributed by atoms with van der Waals surface area (Å²) in [5.41, 5.74) is 3.65. The lowest BCUT2D eigenvalue weighted by Gasteiger charge is -2.48. The van der Waals surface area contributed by atoms with Crippen LogP contribution < -0.4 is 5.01 Å². The number of aliphatic imine (C=N–C) groups is 1. The topological polar surface area (TPSA) is 22.1 Å². The van der Waals surface area contributed by atoms with Crippen LogP contribution >= 0.6 is 0 Å². The van der Waals surface area contributed by atoms with E-state index in [1.165, 1.54) is 11.3 Å². The molecule has 1 fully saturated rings. The highest BCUT2D eigenvalue weighted by molar-refractivity contribution is 5.81. The molecule has 1 saturated heterocycles. The third-order valence-corrected chi connectivity index (χ3v) is 5.63. The standard InChI is InChI=1S/C24H31FN4/c1-24(2,3)18-27-14-15-28(17-21(27)16-19-8-10-20(25)11-9-19)29-13-12-26-22-6-4-5-7-23(22)29/h4-12,21H,13-18H2,1-3H3. The fraction of sp³-hybridized carbons (Fsp3) is 0.458. The average Bonchev–Trinajstić information content (AvgIpc) is 2.69. The van der Waals surface area contributed by atoms with Crippen LogP contribution in [0.4, 0.5) is 15.8 Å². The fourth-order valence-corrected chi connectivity index (χ4v) is 4.37. The first-order valence-corrected chi connectivity index (χ1v) is 10.5. The molecule has 0 radical (unpaired) electrons. The molecule has 0 bridgehead atoms. The molecule has 4 nitrogen and oxygen atoms in total. The van der Waals surface area contributed by atoms with Crippen LogP contribution in [-0.2, 0) is 6.42 Å². The van der Waals surface area contributed by atoms with Crippen molar-refractivity contribution in [2.45, 2.75) is 33.2 Å². The molecule has 2 aromatic rings. The van der Waals surface area contributed by atoms with Gasteiger partial charge in [0.15, 0.2) is 0 Å². The van der Waals surface area contributed by atoms with Gasteiger partial charge in [0.05, 0.1) is 17.9 Å². The minimum Gasteiger partial charge on any atom is -0.298 e. The van der Waals surface area contributed by atoms with E-state index in [1.54, 1.807) is 12.1 Å². The highest BCUT2D eigenvalue weighted by atomic mass is 19.1. The van der Waals surface area contributed by atoms with Crippen LogP contribution in [0.1, 0.15) is 26.3 Å². The quantitative estimate of drug-likeness (QED) is 0.760. The Balaban J connectivity index is 1.55. The van der Waals surface area contributed by atoms with E-state index in [9.17, 15) is 4.39 Å². The smallest absolute Gasteiger partial charge is 0.123 e. The molecule has 0 amide bonds. The number of hydrogen-bond acceptors (Lipinski definition) is 4. The Morgan fingerprint density at radius 2 is 1.79 bits per heavy atom. The SMILES string of the molecule is CC(C)(C)CN1CCN(N2CC=Nc3ccccc32)CC1Cc1ccc(F)cc1. The van der Waals surface area contributed by atoms with E-state index in [0.29, 0.717) is 6.04 Å². The van der Waals surface area contributed by atoms with Gasteiger partial charge in [0, 0.05) is 38.4 Å². The molecule has 2 aliphatic rings. The lowest BCUT2D eigenvalue weighted by molar-refractivity contribution is 0.0452. The van der Waals surface area contributed by atoms with Gasteiger partial charge in [0.2, 0.25) is 0 Å². The Morgan fingerprint density at radius 1 is 1.03 bits per heavy atom. The van der Waals surface area contributed by atoms with Crippen LogP contribution in [0.2, 0.25) is 0 Å². The van der Waals surface area contributed by atoms with E-state index >= 15 is 0 Å². The number of anilines is 1. The molecule has 154 valence electrons. The van der Waals surface area contributed by atoms with Gasteiger partial charge < -0.3 is 0 Å². The summed E-state index contributed by atoms with van der Waals surface area (Å²) in [6.07, 6.45) is 2.93. The Kier molecular flexibility index (Phi) is 5.70. The zero-order valence-electron chi connectivity index (χ0n) is 17.7. The van der Waals surface area contributed by atoms with E-state index in [2.05, 4.69) is 58.9 Å². The maximum Gasteiger partial charge on any atom is 0.123 e. The number of hydrogen-bond donors (Lipinski definition) is 0. The summed E-state index contributed by atoms with van der Waals surface area (Å²) in [5.74, 6) is -0.172. The van der Waals surface area contributed by atoms with E-state index < -0.39 is 0 Å². The first-order valence-electron chi connectivity index (χ1n) is 10.5. The fourth-order valence-electron chi connectivity index (χ4n) is 4.37. The van der Waals surface area contributed by atoms with E-state index in [4.69, 9.17) is 0 Å². The van der Waals surface area contributed by atoms with Crippen LogP contribution in [-0.4, -0.2) is 54.9 Å². The summed E-state index contributed by atoms with van der Waals surface area (Å²) in [5, 5.41) is 4.84. The second kappa shape index (κ2) is 8.25. The molecule has 0 aliphatic carbocycles. The van der Waals surface area contributed by atoms with Gasteiger partial charge in [0.25, 0.3) is 0 Å². The Bertz CT molecular complexity index is 856. The summed E-state index contributed by atoms with van der Waals surface area (Å²) in [7, 11) is 0. The zero-order chi connectivity index (χ0) is 20.4. The van der Waals surface area contributed by atoms with Crippen molar-refractivity contribution in [3.05, 3.63) is 59.9 Å². The number of para-hydroxylation sites is 2. The second-order valence-corrected chi connectivity index (χ2v) is 9.31. The third-order valence-electron chi connectivity index (χ3n) is 5.63. The van der Waals surface area contributed by atoms with Gasteiger partial charge in [-0.25, -0.2) is 9.40 Å². The van der Waals surface area contributed by atoms with Crippen LogP contribution in [0.5, 0.6) is 0 Å². The second-order valence-electron chi connectivity index (χ2n) is 9.31. The maximum atomic E-state index is 13.4. The van der Waals surface area contributed by atoms with Crippen molar-refractivity contribution in [2.24, 2.45) is 10.4 Å². The van der Waals surface area contributed by atoms with Crippen molar-refractivity contribution in [2.75, 3.05) is 37.7 Å². The summed E-state index contributed by atoms with van der Waals surface area (Å²) in [6.45, 7) is 11.7. The molecule has 4 rings (SSSR count). The van der Waals surface area contributed by atoms with Crippen LogP contribution in [0, 0.1) is 11.2 Å². The zero-order valence-corrected chi connectivity index (χ0v) is 17.7. The normalized spacial score (nSPS) is 20.7. The van der Waals surface area contributed by atoms with E-state index in [0.717, 1.165) is 44.8 Å². The van der Waals surface area contributed by atoms with Crippen molar-refractivity contribution >= 4 is 17.6 Å². The Hall–Kier alpha value is -2.24. The predicted octanol–water partition coefficient (Wildman–Crippen LogP) is 4.54. The molecule has 2 aliphatic heterocycles. The minimum absolute atomic E-state index is 0.172. The Labute approximate surface area is 173 Å². The monoisotopic (exact) mass is 394 g/mol. The predicted molar refractivity (Wildman–Crippen MR) is 118 cm³/mol. The largest absolute Gasteiger partial charge is 0.298 e. The molecule has 0 saturated carbocycles. The third kappa shape index (κ3) is 4.85. The van der Waals surface area contributed by atoms with Gasteiger partial charge in [-0.05, 0) is 41.7 Å². The summed E-state index contributed by atoms with van der Waals surface area (Å²) >= 11 is 0. The minimum atomic E-state index is -0.172. The number of rotatable bonds is 4. The maximum absolute atomic E-state index is 13.4. The van der Waals surface area contributed by atoms with Crippen molar-refractivity contribution in [3.8, 4) is 0 Å². The highest BCUT2D eigenvalue weighted by Gasteiger charge is 2.33. The van der Waals surface area contributed by atoms with Gasteiger partial charge in [0.1, 0.15) is 5.82 Å².